The van der Waals surface area contributed by atoms with Crippen molar-refractivity contribution in [3.05, 3.63) is 42.5 Å². The molecule has 1 saturated carbocycles. The molecule has 1 unspecified atom stereocenters. The molecule has 0 spiro atoms. The van der Waals surface area contributed by atoms with Crippen molar-refractivity contribution in [3.8, 4) is 5.69 Å². The van der Waals surface area contributed by atoms with Gasteiger partial charge in [-0.25, -0.2) is 17.5 Å². The molecular weight excluding hydrogens is 321 g/mol. The first-order valence-electron chi connectivity index (χ1n) is 7.33. The van der Waals surface area contributed by atoms with Gasteiger partial charge in [0.1, 0.15) is 16.4 Å². The number of rotatable bonds is 6. The second-order valence-corrected chi connectivity index (χ2v) is 7.81. The van der Waals surface area contributed by atoms with Gasteiger partial charge in [0, 0.05) is 13.6 Å². The smallest absolute Gasteiger partial charge is 0.246 e. The zero-order valence-corrected chi connectivity index (χ0v) is 13.4. The van der Waals surface area contributed by atoms with E-state index in [2.05, 4.69) is 5.10 Å². The number of hydrogen-bond acceptors (Lipinski definition) is 4. The van der Waals surface area contributed by atoms with E-state index < -0.39 is 21.9 Å². The molecule has 1 N–H and O–H groups in total. The molecule has 1 atom stereocenters. The summed E-state index contributed by atoms with van der Waals surface area (Å²) in [5.41, 5.74) is 0.176. The van der Waals surface area contributed by atoms with Crippen molar-refractivity contribution in [2.24, 2.45) is 5.92 Å². The van der Waals surface area contributed by atoms with Gasteiger partial charge in [0.05, 0.1) is 18.5 Å². The molecule has 1 aromatic carbocycles. The first-order valence-corrected chi connectivity index (χ1v) is 8.77. The van der Waals surface area contributed by atoms with Crippen LogP contribution in [-0.4, -0.2) is 47.3 Å². The van der Waals surface area contributed by atoms with Crippen molar-refractivity contribution in [1.82, 2.24) is 14.1 Å². The van der Waals surface area contributed by atoms with Crippen LogP contribution in [-0.2, 0) is 10.0 Å². The van der Waals surface area contributed by atoms with Gasteiger partial charge >= 0.3 is 0 Å². The molecule has 2 aromatic rings. The van der Waals surface area contributed by atoms with Crippen LogP contribution in [0.1, 0.15) is 12.8 Å². The minimum Gasteiger partial charge on any atom is -0.391 e. The van der Waals surface area contributed by atoms with Crippen LogP contribution in [0.4, 0.5) is 4.39 Å². The lowest BCUT2D eigenvalue weighted by molar-refractivity contribution is 0.131. The number of aliphatic hydroxyl groups is 1. The molecule has 1 aromatic heterocycles. The molecule has 1 aliphatic carbocycles. The number of nitrogens with zero attached hydrogens (tertiary/aromatic N) is 3. The van der Waals surface area contributed by atoms with Gasteiger partial charge in [0.15, 0.2) is 0 Å². The predicted octanol–water partition coefficient (Wildman–Crippen LogP) is 1.40. The highest BCUT2D eigenvalue weighted by atomic mass is 32.2. The van der Waals surface area contributed by atoms with E-state index in [4.69, 9.17) is 0 Å². The molecule has 124 valence electrons. The van der Waals surface area contributed by atoms with Gasteiger partial charge in [0.2, 0.25) is 10.0 Å². The molecule has 0 radical (unpaired) electrons. The Hall–Kier alpha value is -1.77. The first kappa shape index (κ1) is 16.1. The van der Waals surface area contributed by atoms with Crippen molar-refractivity contribution < 1.29 is 17.9 Å². The summed E-state index contributed by atoms with van der Waals surface area (Å²) in [6.45, 7) is 0.0396. The van der Waals surface area contributed by atoms with Crippen molar-refractivity contribution in [3.63, 3.8) is 0 Å². The van der Waals surface area contributed by atoms with E-state index in [-0.39, 0.29) is 23.0 Å². The van der Waals surface area contributed by atoms with Crippen molar-refractivity contribution in [2.45, 2.75) is 23.8 Å². The molecule has 6 nitrogen and oxygen atoms in total. The van der Waals surface area contributed by atoms with Gasteiger partial charge in [-0.05, 0) is 30.9 Å². The number of sulfonamides is 1. The lowest BCUT2D eigenvalue weighted by atomic mass is 10.2. The third-order valence-corrected chi connectivity index (χ3v) is 5.75. The number of likely N-dealkylation sites (N-methyl/N-ethyl adjacent to an activating group) is 1. The second-order valence-electron chi connectivity index (χ2n) is 5.76. The van der Waals surface area contributed by atoms with Crippen molar-refractivity contribution >= 4 is 10.0 Å². The maximum atomic E-state index is 13.8. The highest BCUT2D eigenvalue weighted by molar-refractivity contribution is 7.89. The molecule has 1 heterocycles. The fraction of sp³-hybridized carbons (Fsp3) is 0.400. The summed E-state index contributed by atoms with van der Waals surface area (Å²) >= 11 is 0. The summed E-state index contributed by atoms with van der Waals surface area (Å²) in [6.07, 6.45) is 3.66. The molecule has 0 bridgehead atoms. The third-order valence-electron chi connectivity index (χ3n) is 3.98. The van der Waals surface area contributed by atoms with Crippen LogP contribution < -0.4 is 0 Å². The summed E-state index contributed by atoms with van der Waals surface area (Å²) in [7, 11) is -2.35. The van der Waals surface area contributed by atoms with Crippen molar-refractivity contribution in [1.29, 1.82) is 0 Å². The highest BCUT2D eigenvalue weighted by Crippen LogP contribution is 2.33. The molecule has 3 rings (SSSR count). The Morgan fingerprint density at radius 1 is 1.43 bits per heavy atom. The van der Waals surface area contributed by atoms with Crippen LogP contribution in [0.15, 0.2) is 41.6 Å². The van der Waals surface area contributed by atoms with Gasteiger partial charge in [-0.15, -0.1) is 0 Å². The maximum Gasteiger partial charge on any atom is 0.246 e. The average molecular weight is 339 g/mol. The Labute approximate surface area is 134 Å². The number of benzene rings is 1. The zero-order valence-electron chi connectivity index (χ0n) is 12.6. The molecule has 1 aliphatic rings. The van der Waals surface area contributed by atoms with Crippen LogP contribution in [0.5, 0.6) is 0 Å². The Morgan fingerprint density at radius 2 is 2.13 bits per heavy atom. The summed E-state index contributed by atoms with van der Waals surface area (Å²) < 4.78 is 41.1. The van der Waals surface area contributed by atoms with E-state index in [0.717, 1.165) is 17.1 Å². The monoisotopic (exact) mass is 339 g/mol. The third kappa shape index (κ3) is 3.29. The van der Waals surface area contributed by atoms with Crippen LogP contribution in [0.3, 0.4) is 0 Å². The van der Waals surface area contributed by atoms with Gasteiger partial charge in [-0.1, -0.05) is 12.1 Å². The largest absolute Gasteiger partial charge is 0.391 e. The topological polar surface area (TPSA) is 75.4 Å². The van der Waals surface area contributed by atoms with E-state index in [0.29, 0.717) is 0 Å². The van der Waals surface area contributed by atoms with Gasteiger partial charge in [-0.3, -0.25) is 0 Å². The second kappa shape index (κ2) is 6.03. The SMILES string of the molecule is CN(CC(O)C1CC1)S(=O)(=O)c1cnn(-c2ccccc2F)c1. The molecule has 0 amide bonds. The quantitative estimate of drug-likeness (QED) is 0.863. The standard InChI is InChI=1S/C15H18FN3O3S/c1-18(10-15(20)11-6-7-11)23(21,22)12-8-17-19(9-12)14-5-3-2-4-13(14)16/h2-5,8-9,11,15,20H,6-7,10H2,1H3. The van der Waals surface area contributed by atoms with Gasteiger partial charge < -0.3 is 5.11 Å². The fourth-order valence-electron chi connectivity index (χ4n) is 2.38. The van der Waals surface area contributed by atoms with Gasteiger partial charge in [-0.2, -0.15) is 9.40 Å². The van der Waals surface area contributed by atoms with Crippen LogP contribution in [0.2, 0.25) is 0 Å². The molecule has 8 heteroatoms. The fourth-order valence-corrected chi connectivity index (χ4v) is 3.50. The Kier molecular flexibility index (Phi) is 4.22. The van der Waals surface area contributed by atoms with E-state index >= 15 is 0 Å². The van der Waals surface area contributed by atoms with E-state index in [1.165, 1.54) is 36.3 Å². The minimum absolute atomic E-state index is 0.0359. The number of aromatic nitrogens is 2. The normalized spacial score (nSPS) is 16.7. The van der Waals surface area contributed by atoms with Crippen LogP contribution in [0.25, 0.3) is 5.69 Å². The predicted molar refractivity (Wildman–Crippen MR) is 82.1 cm³/mol. The van der Waals surface area contributed by atoms with E-state index in [1.807, 2.05) is 0 Å². The van der Waals surface area contributed by atoms with E-state index in [1.54, 1.807) is 12.1 Å². The molecule has 0 aliphatic heterocycles. The van der Waals surface area contributed by atoms with E-state index in [9.17, 15) is 17.9 Å². The summed E-state index contributed by atoms with van der Waals surface area (Å²) in [4.78, 5) is -0.0359. The Bertz CT molecular complexity index is 802. The lowest BCUT2D eigenvalue weighted by Crippen LogP contribution is -2.35. The number of hydrogen-bond donors (Lipinski definition) is 1. The summed E-state index contributed by atoms with van der Waals surface area (Å²) in [5.74, 6) is -0.300. The highest BCUT2D eigenvalue weighted by Gasteiger charge is 2.33. The lowest BCUT2D eigenvalue weighted by Gasteiger charge is -2.19. The maximum absolute atomic E-state index is 13.8. The molecular formula is C15H18FN3O3S. The zero-order chi connectivity index (χ0) is 16.6. The first-order chi connectivity index (χ1) is 10.9. The minimum atomic E-state index is -3.77. The number of halogens is 1. The van der Waals surface area contributed by atoms with Crippen LogP contribution in [0, 0.1) is 11.7 Å². The Morgan fingerprint density at radius 3 is 2.78 bits per heavy atom. The summed E-state index contributed by atoms with van der Waals surface area (Å²) in [6, 6.07) is 5.99. The number of para-hydroxylation sites is 1. The van der Waals surface area contributed by atoms with Gasteiger partial charge in [0.25, 0.3) is 0 Å². The van der Waals surface area contributed by atoms with Crippen LogP contribution >= 0.6 is 0 Å². The molecule has 0 saturated heterocycles. The average Bonchev–Trinajstić information content (AvgIpc) is 3.25. The molecule has 23 heavy (non-hydrogen) atoms. The number of aliphatic hydroxyl groups excluding tert-OH is 1. The molecule has 1 fully saturated rings. The Balaban J connectivity index is 1.82. The van der Waals surface area contributed by atoms with Crippen molar-refractivity contribution in [2.75, 3.05) is 13.6 Å². The summed E-state index contributed by atoms with van der Waals surface area (Å²) in [5, 5.41) is 13.8.